The Balaban J connectivity index is 1.22. The van der Waals surface area contributed by atoms with E-state index < -0.39 is 17.7 Å². The van der Waals surface area contributed by atoms with Gasteiger partial charge in [0.25, 0.3) is 5.91 Å². The van der Waals surface area contributed by atoms with Crippen LogP contribution in [0.25, 0.3) is 10.9 Å². The molecule has 4 aromatic rings. The van der Waals surface area contributed by atoms with E-state index in [1.807, 2.05) is 37.3 Å². The summed E-state index contributed by atoms with van der Waals surface area (Å²) in [4.78, 5) is 48.6. The number of carbonyl (C=O) groups excluding carboxylic acids is 3. The summed E-state index contributed by atoms with van der Waals surface area (Å²) in [6, 6.07) is 21.9. The van der Waals surface area contributed by atoms with Crippen molar-refractivity contribution in [3.05, 3.63) is 95.9 Å². The number of benzene rings is 2. The molecule has 1 aliphatic rings. The minimum atomic E-state index is -0.923. The lowest BCUT2D eigenvalue weighted by Crippen LogP contribution is -2.52. The van der Waals surface area contributed by atoms with Crippen molar-refractivity contribution in [3.8, 4) is 5.75 Å². The van der Waals surface area contributed by atoms with Crippen LogP contribution in [0.15, 0.2) is 79.0 Å². The molecule has 40 heavy (non-hydrogen) atoms. The molecular formula is C30H29N5O5. The summed E-state index contributed by atoms with van der Waals surface area (Å²) >= 11 is 0. The van der Waals surface area contributed by atoms with Gasteiger partial charge in [0.2, 0.25) is 11.8 Å². The average Bonchev–Trinajstić information content (AvgIpc) is 2.99. The number of ether oxygens (including phenoxy) is 1. The van der Waals surface area contributed by atoms with Crippen LogP contribution in [0.1, 0.15) is 28.2 Å². The number of para-hydroxylation sites is 1. The maximum atomic E-state index is 13.2. The molecule has 1 saturated heterocycles. The Hall–Kier alpha value is -4.83. The number of hydroxylamine groups is 1. The number of rotatable bonds is 7. The standard InChI is InChI=1S/C30H29N5O5/c1-19-16-20(23-6-2-3-7-26(23)32-19)18-40-22-11-9-21(10-12-22)33-28(36)24-13-15-35(17-25(24)29(37)34-39)30(38)27-8-4-5-14-31-27/h2-12,14,16,24-25,39H,13,15,17-18H2,1H3,(H,33,36)(H,34,37). The lowest BCUT2D eigenvalue weighted by Gasteiger charge is -2.36. The number of aryl methyl sites for hydroxylation is 1. The highest BCUT2D eigenvalue weighted by molar-refractivity contribution is 5.97. The molecule has 0 aliphatic carbocycles. The molecule has 2 unspecified atom stereocenters. The van der Waals surface area contributed by atoms with Crippen LogP contribution >= 0.6 is 0 Å². The van der Waals surface area contributed by atoms with Crippen molar-refractivity contribution in [2.24, 2.45) is 11.8 Å². The van der Waals surface area contributed by atoms with Gasteiger partial charge in [0, 0.05) is 41.6 Å². The number of nitrogens with one attached hydrogen (secondary N) is 2. The van der Waals surface area contributed by atoms with Gasteiger partial charge in [0.15, 0.2) is 0 Å². The highest BCUT2D eigenvalue weighted by Gasteiger charge is 2.40. The molecule has 0 bridgehead atoms. The van der Waals surface area contributed by atoms with E-state index >= 15 is 0 Å². The fourth-order valence-corrected chi connectivity index (χ4v) is 4.99. The predicted octanol–water partition coefficient (Wildman–Crippen LogP) is 3.74. The van der Waals surface area contributed by atoms with Crippen LogP contribution in [-0.2, 0) is 16.2 Å². The third kappa shape index (κ3) is 5.92. The Kier molecular flexibility index (Phi) is 7.97. The van der Waals surface area contributed by atoms with Gasteiger partial charge in [-0.15, -0.1) is 0 Å². The van der Waals surface area contributed by atoms with Crippen LogP contribution in [0.4, 0.5) is 5.69 Å². The zero-order valence-corrected chi connectivity index (χ0v) is 21.9. The van der Waals surface area contributed by atoms with E-state index in [9.17, 15) is 19.6 Å². The number of likely N-dealkylation sites (tertiary alicyclic amines) is 1. The van der Waals surface area contributed by atoms with Gasteiger partial charge < -0.3 is 15.0 Å². The second kappa shape index (κ2) is 11.9. The fourth-order valence-electron chi connectivity index (χ4n) is 4.99. The highest BCUT2D eigenvalue weighted by atomic mass is 16.5. The number of amides is 3. The van der Waals surface area contributed by atoms with Gasteiger partial charge in [-0.25, -0.2) is 5.48 Å². The van der Waals surface area contributed by atoms with Crippen LogP contribution < -0.4 is 15.5 Å². The van der Waals surface area contributed by atoms with Crippen molar-refractivity contribution >= 4 is 34.3 Å². The summed E-state index contributed by atoms with van der Waals surface area (Å²) in [5.74, 6) is -2.45. The van der Waals surface area contributed by atoms with E-state index in [0.717, 1.165) is 22.2 Å². The van der Waals surface area contributed by atoms with Crippen LogP contribution in [0.5, 0.6) is 5.75 Å². The Labute approximate surface area is 231 Å². The number of carbonyl (C=O) groups is 3. The fraction of sp³-hybridized carbons (Fsp3) is 0.233. The third-order valence-electron chi connectivity index (χ3n) is 7.01. The molecule has 2 aromatic carbocycles. The second-order valence-electron chi connectivity index (χ2n) is 9.69. The smallest absolute Gasteiger partial charge is 0.272 e. The molecular weight excluding hydrogens is 510 g/mol. The van der Waals surface area contributed by atoms with Crippen LogP contribution in [0, 0.1) is 18.8 Å². The quantitative estimate of drug-likeness (QED) is 0.241. The Morgan fingerprint density at radius 2 is 1.77 bits per heavy atom. The van der Waals surface area contributed by atoms with E-state index in [2.05, 4.69) is 15.3 Å². The highest BCUT2D eigenvalue weighted by Crippen LogP contribution is 2.27. The number of piperidine rings is 1. The van der Waals surface area contributed by atoms with Gasteiger partial charge in [0.05, 0.1) is 17.4 Å². The molecule has 3 amide bonds. The van der Waals surface area contributed by atoms with E-state index in [4.69, 9.17) is 4.74 Å². The number of hydrogen-bond donors (Lipinski definition) is 3. The van der Waals surface area contributed by atoms with Crippen molar-refractivity contribution in [2.75, 3.05) is 18.4 Å². The first-order valence-corrected chi connectivity index (χ1v) is 13.0. The van der Waals surface area contributed by atoms with Gasteiger partial charge in [0.1, 0.15) is 18.1 Å². The lowest BCUT2D eigenvalue weighted by atomic mass is 9.84. The van der Waals surface area contributed by atoms with E-state index in [-0.39, 0.29) is 37.0 Å². The topological polar surface area (TPSA) is 134 Å². The normalized spacial score (nSPS) is 16.8. The maximum absolute atomic E-state index is 13.2. The number of hydrogen-bond acceptors (Lipinski definition) is 7. The third-order valence-corrected chi connectivity index (χ3v) is 7.01. The first-order chi connectivity index (χ1) is 19.4. The molecule has 0 spiro atoms. The summed E-state index contributed by atoms with van der Waals surface area (Å²) < 4.78 is 6.00. The molecule has 5 rings (SSSR count). The van der Waals surface area contributed by atoms with Crippen LogP contribution in [0.2, 0.25) is 0 Å². The van der Waals surface area contributed by atoms with Crippen LogP contribution in [-0.4, -0.2) is 50.9 Å². The Morgan fingerprint density at radius 1 is 1.00 bits per heavy atom. The first-order valence-electron chi connectivity index (χ1n) is 13.0. The molecule has 10 heteroatoms. The zero-order chi connectivity index (χ0) is 28.1. The van der Waals surface area contributed by atoms with E-state index in [1.54, 1.807) is 47.9 Å². The Morgan fingerprint density at radius 3 is 2.52 bits per heavy atom. The molecule has 204 valence electrons. The predicted molar refractivity (Wildman–Crippen MR) is 148 cm³/mol. The summed E-state index contributed by atoms with van der Waals surface area (Å²) in [6.07, 6.45) is 1.77. The number of nitrogens with zero attached hydrogens (tertiary/aromatic N) is 3. The van der Waals surface area contributed by atoms with Gasteiger partial charge >= 0.3 is 0 Å². The molecule has 1 fully saturated rings. The summed E-state index contributed by atoms with van der Waals surface area (Å²) in [7, 11) is 0. The van der Waals surface area contributed by atoms with Crippen molar-refractivity contribution in [2.45, 2.75) is 20.0 Å². The number of aromatic nitrogens is 2. The number of fused-ring (bicyclic) bond motifs is 1. The van der Waals surface area contributed by atoms with Crippen LogP contribution in [0.3, 0.4) is 0 Å². The number of anilines is 1. The summed E-state index contributed by atoms with van der Waals surface area (Å²) in [5, 5.41) is 13.2. The molecule has 10 nitrogen and oxygen atoms in total. The van der Waals surface area contributed by atoms with E-state index in [0.29, 0.717) is 18.0 Å². The summed E-state index contributed by atoms with van der Waals surface area (Å²) in [5.41, 5.74) is 5.29. The molecule has 1 aliphatic heterocycles. The zero-order valence-electron chi connectivity index (χ0n) is 21.9. The summed E-state index contributed by atoms with van der Waals surface area (Å²) in [6.45, 7) is 2.57. The Bertz CT molecular complexity index is 1530. The van der Waals surface area contributed by atoms with Crippen molar-refractivity contribution < 1.29 is 24.3 Å². The molecule has 0 saturated carbocycles. The molecule has 3 heterocycles. The minimum absolute atomic E-state index is 0.0180. The molecule has 0 radical (unpaired) electrons. The molecule has 3 N–H and O–H groups in total. The van der Waals surface area contributed by atoms with Gasteiger partial charge in [-0.05, 0) is 61.9 Å². The van der Waals surface area contributed by atoms with Gasteiger partial charge in [-0.3, -0.25) is 29.6 Å². The van der Waals surface area contributed by atoms with Crippen molar-refractivity contribution in [1.82, 2.24) is 20.3 Å². The first kappa shape index (κ1) is 26.8. The molecule has 2 aromatic heterocycles. The van der Waals surface area contributed by atoms with Gasteiger partial charge in [-0.2, -0.15) is 0 Å². The van der Waals surface area contributed by atoms with E-state index in [1.165, 1.54) is 11.1 Å². The SMILES string of the molecule is Cc1cc(COc2ccc(NC(=O)C3CCN(C(=O)c4ccccn4)CC3C(=O)NO)cc2)c2ccccc2n1. The largest absolute Gasteiger partial charge is 0.489 e. The average molecular weight is 540 g/mol. The second-order valence-corrected chi connectivity index (χ2v) is 9.69. The minimum Gasteiger partial charge on any atom is -0.489 e. The van der Waals surface area contributed by atoms with Crippen molar-refractivity contribution in [1.29, 1.82) is 0 Å². The number of pyridine rings is 2. The monoisotopic (exact) mass is 539 g/mol. The lowest BCUT2D eigenvalue weighted by molar-refractivity contribution is -0.141. The van der Waals surface area contributed by atoms with Crippen molar-refractivity contribution in [3.63, 3.8) is 0 Å². The van der Waals surface area contributed by atoms with Gasteiger partial charge in [-0.1, -0.05) is 24.3 Å². The molecule has 2 atom stereocenters. The maximum Gasteiger partial charge on any atom is 0.272 e.